The topological polar surface area (TPSA) is 73.1 Å². The van der Waals surface area contributed by atoms with E-state index in [-0.39, 0.29) is 0 Å². The predicted octanol–water partition coefficient (Wildman–Crippen LogP) is 4.87. The molecular weight excluding hydrogens is 360 g/mol. The molecule has 1 N–H and O–H groups in total. The van der Waals surface area contributed by atoms with E-state index in [2.05, 4.69) is 27.4 Å². The zero-order valence-corrected chi connectivity index (χ0v) is 15.8. The number of hydrogen-bond acceptors (Lipinski definition) is 7. The molecule has 27 heavy (non-hydrogen) atoms. The van der Waals surface area contributed by atoms with E-state index in [0.717, 1.165) is 35.6 Å². The Morgan fingerprint density at radius 2 is 2.11 bits per heavy atom. The van der Waals surface area contributed by atoms with Crippen LogP contribution in [0.2, 0.25) is 0 Å². The fourth-order valence-electron chi connectivity index (χ4n) is 2.69. The van der Waals surface area contributed by atoms with Crippen LogP contribution in [0.15, 0.2) is 58.3 Å². The Bertz CT molecular complexity index is 927. The Labute approximate surface area is 162 Å². The Morgan fingerprint density at radius 3 is 2.96 bits per heavy atom. The molecule has 3 aromatic rings. The van der Waals surface area contributed by atoms with Crippen molar-refractivity contribution in [3.8, 4) is 17.1 Å². The lowest BCUT2D eigenvalue weighted by Gasteiger charge is -2.15. The molecule has 0 radical (unpaired) electrons. The number of aromatic nitrogens is 3. The molecule has 7 heteroatoms. The van der Waals surface area contributed by atoms with Crippen molar-refractivity contribution in [1.82, 2.24) is 15.2 Å². The summed E-state index contributed by atoms with van der Waals surface area (Å²) in [5.41, 5.74) is 2.49. The first kappa shape index (κ1) is 17.6. The van der Waals surface area contributed by atoms with E-state index in [1.165, 1.54) is 0 Å². The Morgan fingerprint density at radius 1 is 1.19 bits per heavy atom. The molecule has 3 heterocycles. The number of benzene rings is 1. The van der Waals surface area contributed by atoms with Gasteiger partial charge in [0.25, 0.3) is 0 Å². The lowest BCUT2D eigenvalue weighted by Crippen LogP contribution is -2.23. The van der Waals surface area contributed by atoms with Gasteiger partial charge in [-0.2, -0.15) is 4.98 Å². The SMILES string of the molecule is CCCCSc1nnc2c(n1)OC(/C=C/c1ccco1)Nc1ccccc1-2. The number of rotatable bonds is 6. The van der Waals surface area contributed by atoms with Crippen molar-refractivity contribution in [2.45, 2.75) is 31.1 Å². The maximum atomic E-state index is 6.12. The van der Waals surface area contributed by atoms with Crippen LogP contribution < -0.4 is 10.1 Å². The number of nitrogens with one attached hydrogen (secondary N) is 1. The number of thioether (sulfide) groups is 1. The van der Waals surface area contributed by atoms with Crippen LogP contribution in [0.5, 0.6) is 5.88 Å². The Kier molecular flexibility index (Phi) is 5.39. The molecule has 0 fully saturated rings. The monoisotopic (exact) mass is 380 g/mol. The third-order valence-corrected chi connectivity index (χ3v) is 4.99. The molecule has 0 saturated carbocycles. The second kappa shape index (κ2) is 8.26. The minimum absolute atomic E-state index is 0.400. The average molecular weight is 380 g/mol. The lowest BCUT2D eigenvalue weighted by molar-refractivity contribution is 0.266. The van der Waals surface area contributed by atoms with E-state index >= 15 is 0 Å². The minimum Gasteiger partial charge on any atom is -0.465 e. The van der Waals surface area contributed by atoms with E-state index in [1.807, 2.05) is 48.6 Å². The second-order valence-electron chi connectivity index (χ2n) is 6.05. The highest BCUT2D eigenvalue weighted by atomic mass is 32.2. The van der Waals surface area contributed by atoms with Crippen molar-refractivity contribution in [2.24, 2.45) is 0 Å². The quantitative estimate of drug-likeness (QED) is 0.483. The molecule has 0 aliphatic carbocycles. The largest absolute Gasteiger partial charge is 0.465 e. The molecule has 4 rings (SSSR count). The highest BCUT2D eigenvalue weighted by Gasteiger charge is 2.23. The number of anilines is 1. The van der Waals surface area contributed by atoms with Crippen LogP contribution in [0.25, 0.3) is 17.3 Å². The van der Waals surface area contributed by atoms with Crippen LogP contribution in [-0.4, -0.2) is 27.2 Å². The van der Waals surface area contributed by atoms with Crippen LogP contribution >= 0.6 is 11.8 Å². The van der Waals surface area contributed by atoms with Gasteiger partial charge in [0.15, 0.2) is 11.9 Å². The van der Waals surface area contributed by atoms with Gasteiger partial charge in [0, 0.05) is 17.0 Å². The van der Waals surface area contributed by atoms with Crippen LogP contribution in [0, 0.1) is 0 Å². The normalized spacial score (nSPS) is 15.5. The summed E-state index contributed by atoms with van der Waals surface area (Å²) >= 11 is 1.60. The molecule has 2 aromatic heterocycles. The van der Waals surface area contributed by atoms with E-state index < -0.39 is 6.23 Å². The van der Waals surface area contributed by atoms with Crippen molar-refractivity contribution >= 4 is 23.5 Å². The number of unbranched alkanes of at least 4 members (excludes halogenated alkanes) is 1. The van der Waals surface area contributed by atoms with Crippen molar-refractivity contribution in [3.63, 3.8) is 0 Å². The van der Waals surface area contributed by atoms with Gasteiger partial charge in [-0.25, -0.2) is 0 Å². The number of ether oxygens (including phenoxy) is 1. The van der Waals surface area contributed by atoms with Crippen LogP contribution in [0.1, 0.15) is 25.5 Å². The van der Waals surface area contributed by atoms with Gasteiger partial charge < -0.3 is 14.5 Å². The molecule has 6 nitrogen and oxygen atoms in total. The van der Waals surface area contributed by atoms with Gasteiger partial charge in [-0.15, -0.1) is 10.2 Å². The first-order chi connectivity index (χ1) is 13.3. The van der Waals surface area contributed by atoms with E-state index in [1.54, 1.807) is 18.0 Å². The predicted molar refractivity (Wildman–Crippen MR) is 107 cm³/mol. The molecule has 0 spiro atoms. The maximum Gasteiger partial charge on any atom is 0.247 e. The maximum absolute atomic E-state index is 6.12. The van der Waals surface area contributed by atoms with Crippen molar-refractivity contribution < 1.29 is 9.15 Å². The Hall–Kier alpha value is -2.80. The van der Waals surface area contributed by atoms with Crippen molar-refractivity contribution in [3.05, 3.63) is 54.5 Å². The smallest absolute Gasteiger partial charge is 0.247 e. The molecule has 1 aliphatic rings. The van der Waals surface area contributed by atoms with E-state index in [9.17, 15) is 0 Å². The number of nitrogens with zero attached hydrogens (tertiary/aromatic N) is 3. The van der Waals surface area contributed by atoms with Gasteiger partial charge in [0.2, 0.25) is 11.0 Å². The minimum atomic E-state index is -0.400. The van der Waals surface area contributed by atoms with Crippen molar-refractivity contribution in [1.29, 1.82) is 0 Å². The van der Waals surface area contributed by atoms with Gasteiger partial charge in [-0.3, -0.25) is 0 Å². The second-order valence-corrected chi connectivity index (χ2v) is 7.12. The molecule has 1 atom stereocenters. The first-order valence-electron chi connectivity index (χ1n) is 8.95. The number of fused-ring (bicyclic) bond motifs is 3. The van der Waals surface area contributed by atoms with Crippen LogP contribution in [0.4, 0.5) is 5.69 Å². The molecule has 1 aliphatic heterocycles. The molecule has 1 aromatic carbocycles. The molecule has 1 unspecified atom stereocenters. The summed E-state index contributed by atoms with van der Waals surface area (Å²) in [5, 5.41) is 12.7. The third-order valence-electron chi connectivity index (χ3n) is 4.06. The zero-order valence-electron chi connectivity index (χ0n) is 15.0. The van der Waals surface area contributed by atoms with Gasteiger partial charge >= 0.3 is 0 Å². The summed E-state index contributed by atoms with van der Waals surface area (Å²) in [6.07, 6.45) is 7.27. The summed E-state index contributed by atoms with van der Waals surface area (Å²) in [6, 6.07) is 11.7. The first-order valence-corrected chi connectivity index (χ1v) is 9.94. The summed E-state index contributed by atoms with van der Waals surface area (Å²) < 4.78 is 11.5. The van der Waals surface area contributed by atoms with E-state index in [0.29, 0.717) is 16.7 Å². The molecular formula is C20H20N4O2S. The van der Waals surface area contributed by atoms with Crippen LogP contribution in [0.3, 0.4) is 0 Å². The fraction of sp³-hybridized carbons (Fsp3) is 0.250. The van der Waals surface area contributed by atoms with Crippen LogP contribution in [-0.2, 0) is 0 Å². The molecule has 0 amide bonds. The number of hydrogen-bond donors (Lipinski definition) is 1. The zero-order chi connectivity index (χ0) is 18.5. The third kappa shape index (κ3) is 4.14. The average Bonchev–Trinajstić information content (AvgIpc) is 3.15. The molecule has 0 bridgehead atoms. The van der Waals surface area contributed by atoms with Crippen molar-refractivity contribution in [2.75, 3.05) is 11.1 Å². The number of furan rings is 1. The highest BCUT2D eigenvalue weighted by molar-refractivity contribution is 7.99. The molecule has 0 saturated heterocycles. The van der Waals surface area contributed by atoms with Gasteiger partial charge in [-0.05, 0) is 36.8 Å². The summed E-state index contributed by atoms with van der Waals surface area (Å²) in [6.45, 7) is 2.17. The summed E-state index contributed by atoms with van der Waals surface area (Å²) in [4.78, 5) is 4.61. The number of para-hydroxylation sites is 1. The lowest BCUT2D eigenvalue weighted by atomic mass is 10.1. The van der Waals surface area contributed by atoms with Gasteiger partial charge in [0.05, 0.1) is 6.26 Å². The summed E-state index contributed by atoms with van der Waals surface area (Å²) in [7, 11) is 0. The van der Waals surface area contributed by atoms with Gasteiger partial charge in [0.1, 0.15) is 5.76 Å². The van der Waals surface area contributed by atoms with E-state index in [4.69, 9.17) is 9.15 Å². The van der Waals surface area contributed by atoms with Gasteiger partial charge in [-0.1, -0.05) is 43.3 Å². The summed E-state index contributed by atoms with van der Waals surface area (Å²) in [5.74, 6) is 2.21. The fourth-order valence-corrected chi connectivity index (χ4v) is 3.55. The highest BCUT2D eigenvalue weighted by Crippen LogP contribution is 2.36. The molecule has 138 valence electrons. The standard InChI is InChI=1S/C20H20N4O2S/c1-2-3-13-27-20-22-19-18(23-24-20)15-8-4-5-9-16(15)21-17(26-19)11-10-14-7-6-12-25-14/h4-12,17,21H,2-3,13H2,1H3/b11-10+. The Balaban J connectivity index is 1.66.